The van der Waals surface area contributed by atoms with Crippen molar-refractivity contribution in [1.82, 2.24) is 20.1 Å². The lowest BCUT2D eigenvalue weighted by Crippen LogP contribution is -2.23. The van der Waals surface area contributed by atoms with Gasteiger partial charge in [0, 0.05) is 19.2 Å². The number of benzene rings is 2. The molecule has 29 heavy (non-hydrogen) atoms. The molecule has 2 aromatic heterocycles. The maximum atomic E-state index is 13.3. The van der Waals surface area contributed by atoms with E-state index in [1.54, 1.807) is 43.2 Å². The summed E-state index contributed by atoms with van der Waals surface area (Å²) >= 11 is 0. The molecule has 2 aromatic carbocycles. The molecule has 0 spiro atoms. The molecule has 4 rings (SSSR count). The number of halogens is 1. The molecule has 0 saturated heterocycles. The Morgan fingerprint density at radius 1 is 1.17 bits per heavy atom. The van der Waals surface area contributed by atoms with E-state index in [0.717, 1.165) is 16.9 Å². The predicted molar refractivity (Wildman–Crippen MR) is 108 cm³/mol. The van der Waals surface area contributed by atoms with Gasteiger partial charge in [0.2, 0.25) is 0 Å². The van der Waals surface area contributed by atoms with E-state index in [4.69, 9.17) is 4.74 Å². The third-order valence-corrected chi connectivity index (χ3v) is 4.68. The van der Waals surface area contributed by atoms with Crippen molar-refractivity contribution < 1.29 is 13.9 Å². The van der Waals surface area contributed by atoms with Gasteiger partial charge in [-0.05, 0) is 48.0 Å². The highest BCUT2D eigenvalue weighted by Gasteiger charge is 2.16. The first-order valence-electron chi connectivity index (χ1n) is 9.05. The number of carbonyl (C=O) groups excluding carboxylic acids is 1. The summed E-state index contributed by atoms with van der Waals surface area (Å²) in [4.78, 5) is 17.6. The molecule has 0 atom stereocenters. The van der Waals surface area contributed by atoms with Gasteiger partial charge in [-0.25, -0.2) is 9.37 Å². The first-order valence-corrected chi connectivity index (χ1v) is 9.05. The molecule has 146 valence electrons. The largest absolute Gasteiger partial charge is 0.497 e. The highest BCUT2D eigenvalue weighted by molar-refractivity contribution is 6.06. The van der Waals surface area contributed by atoms with E-state index in [1.807, 2.05) is 24.3 Å². The molecule has 7 heteroatoms. The number of nitrogens with zero attached hydrogens (tertiary/aromatic N) is 3. The van der Waals surface area contributed by atoms with E-state index < -0.39 is 0 Å². The fourth-order valence-corrected chi connectivity index (χ4v) is 3.13. The van der Waals surface area contributed by atoms with Crippen molar-refractivity contribution in [1.29, 1.82) is 0 Å². The van der Waals surface area contributed by atoms with Crippen molar-refractivity contribution in [2.24, 2.45) is 7.05 Å². The van der Waals surface area contributed by atoms with Crippen molar-refractivity contribution in [2.75, 3.05) is 7.11 Å². The minimum Gasteiger partial charge on any atom is -0.497 e. The second kappa shape index (κ2) is 7.71. The standard InChI is InChI=1S/C22H19FN4O2/c1-27-21-19(13-25-27)18(11-20(26-21)15-6-8-16(23)9-7-15)22(28)24-12-14-4-3-5-17(10-14)29-2/h3-11,13H,12H2,1-2H3,(H,24,28). The Bertz CT molecular complexity index is 1190. The molecule has 0 unspecified atom stereocenters. The van der Waals surface area contributed by atoms with Crippen molar-refractivity contribution in [3.05, 3.63) is 77.7 Å². The summed E-state index contributed by atoms with van der Waals surface area (Å²) in [6.45, 7) is 0.353. The number of hydrogen-bond donors (Lipinski definition) is 1. The van der Waals surface area contributed by atoms with Crippen LogP contribution >= 0.6 is 0 Å². The molecular weight excluding hydrogens is 371 g/mol. The van der Waals surface area contributed by atoms with Gasteiger partial charge in [-0.15, -0.1) is 0 Å². The number of pyridine rings is 1. The Balaban J connectivity index is 1.68. The fraction of sp³-hybridized carbons (Fsp3) is 0.136. The Morgan fingerprint density at radius 3 is 2.72 bits per heavy atom. The normalized spacial score (nSPS) is 10.9. The van der Waals surface area contributed by atoms with Gasteiger partial charge in [0.15, 0.2) is 5.65 Å². The Kier molecular flexibility index (Phi) is 4.95. The van der Waals surface area contributed by atoms with E-state index in [2.05, 4.69) is 15.4 Å². The van der Waals surface area contributed by atoms with E-state index in [0.29, 0.717) is 28.8 Å². The monoisotopic (exact) mass is 390 g/mol. The first-order chi connectivity index (χ1) is 14.0. The molecule has 2 heterocycles. The van der Waals surface area contributed by atoms with Gasteiger partial charge in [0.25, 0.3) is 5.91 Å². The van der Waals surface area contributed by atoms with Gasteiger partial charge in [0.1, 0.15) is 11.6 Å². The van der Waals surface area contributed by atoms with Crippen LogP contribution in [0.3, 0.4) is 0 Å². The number of methoxy groups -OCH3 is 1. The third kappa shape index (κ3) is 3.80. The van der Waals surface area contributed by atoms with Crippen LogP contribution in [0.25, 0.3) is 22.3 Å². The molecular formula is C22H19FN4O2. The van der Waals surface area contributed by atoms with E-state index in [1.165, 1.54) is 12.1 Å². The lowest BCUT2D eigenvalue weighted by molar-refractivity contribution is 0.0952. The van der Waals surface area contributed by atoms with Crippen LogP contribution in [0.2, 0.25) is 0 Å². The average molecular weight is 390 g/mol. The first kappa shape index (κ1) is 18.6. The van der Waals surface area contributed by atoms with E-state index >= 15 is 0 Å². The topological polar surface area (TPSA) is 69.0 Å². The maximum absolute atomic E-state index is 13.3. The summed E-state index contributed by atoms with van der Waals surface area (Å²) in [6, 6.07) is 15.2. The van der Waals surface area contributed by atoms with Gasteiger partial charge in [0.05, 0.1) is 30.0 Å². The molecule has 6 nitrogen and oxygen atoms in total. The summed E-state index contributed by atoms with van der Waals surface area (Å²) in [7, 11) is 3.37. The number of aromatic nitrogens is 3. The zero-order valence-electron chi connectivity index (χ0n) is 16.0. The van der Waals surface area contributed by atoms with Crippen LogP contribution in [0.1, 0.15) is 15.9 Å². The van der Waals surface area contributed by atoms with Crippen molar-refractivity contribution >= 4 is 16.9 Å². The summed E-state index contributed by atoms with van der Waals surface area (Å²) in [5.41, 5.74) is 3.26. The summed E-state index contributed by atoms with van der Waals surface area (Å²) in [5, 5.41) is 7.82. The number of amides is 1. The van der Waals surface area contributed by atoms with Crippen molar-refractivity contribution in [3.63, 3.8) is 0 Å². The van der Waals surface area contributed by atoms with Crippen molar-refractivity contribution in [2.45, 2.75) is 6.54 Å². The van der Waals surface area contributed by atoms with E-state index in [9.17, 15) is 9.18 Å². The van der Waals surface area contributed by atoms with Gasteiger partial charge >= 0.3 is 0 Å². The Labute approximate surface area is 167 Å². The molecule has 0 aliphatic heterocycles. The van der Waals surface area contributed by atoms with Crippen LogP contribution in [0.4, 0.5) is 4.39 Å². The van der Waals surface area contributed by atoms with Crippen LogP contribution in [0, 0.1) is 5.82 Å². The summed E-state index contributed by atoms with van der Waals surface area (Å²) in [6.07, 6.45) is 1.62. The second-order valence-electron chi connectivity index (χ2n) is 6.60. The lowest BCUT2D eigenvalue weighted by atomic mass is 10.1. The molecule has 0 saturated carbocycles. The minimum absolute atomic E-state index is 0.239. The summed E-state index contributed by atoms with van der Waals surface area (Å²) < 4.78 is 20.1. The molecule has 0 aliphatic rings. The molecule has 0 aliphatic carbocycles. The SMILES string of the molecule is COc1cccc(CNC(=O)c2cc(-c3ccc(F)cc3)nc3c2cnn3C)c1. The molecule has 1 amide bonds. The fourth-order valence-electron chi connectivity index (χ4n) is 3.13. The van der Waals surface area contributed by atoms with Crippen LogP contribution < -0.4 is 10.1 Å². The number of nitrogens with one attached hydrogen (secondary N) is 1. The van der Waals surface area contributed by atoms with Gasteiger partial charge in [-0.2, -0.15) is 5.10 Å². The molecule has 0 fully saturated rings. The zero-order chi connectivity index (χ0) is 20.4. The molecule has 4 aromatic rings. The predicted octanol–water partition coefficient (Wildman–Crippen LogP) is 3.71. The second-order valence-corrected chi connectivity index (χ2v) is 6.60. The van der Waals surface area contributed by atoms with Crippen LogP contribution in [-0.4, -0.2) is 27.8 Å². The number of rotatable bonds is 5. The lowest BCUT2D eigenvalue weighted by Gasteiger charge is -2.10. The maximum Gasteiger partial charge on any atom is 0.252 e. The van der Waals surface area contributed by atoms with E-state index in [-0.39, 0.29) is 11.7 Å². The quantitative estimate of drug-likeness (QED) is 0.564. The number of hydrogen-bond acceptors (Lipinski definition) is 4. The number of ether oxygens (including phenoxy) is 1. The highest BCUT2D eigenvalue weighted by Crippen LogP contribution is 2.25. The number of fused-ring (bicyclic) bond motifs is 1. The number of carbonyl (C=O) groups is 1. The Hall–Kier alpha value is -3.74. The van der Waals surface area contributed by atoms with Gasteiger partial charge in [-0.1, -0.05) is 12.1 Å². The van der Waals surface area contributed by atoms with Gasteiger partial charge in [-0.3, -0.25) is 9.48 Å². The minimum atomic E-state index is -0.327. The van der Waals surface area contributed by atoms with Crippen LogP contribution in [0.5, 0.6) is 5.75 Å². The molecule has 0 bridgehead atoms. The van der Waals surface area contributed by atoms with Crippen LogP contribution in [0.15, 0.2) is 60.8 Å². The molecule has 0 radical (unpaired) electrons. The summed E-state index contributed by atoms with van der Waals surface area (Å²) in [5.74, 6) is 0.164. The smallest absolute Gasteiger partial charge is 0.252 e. The van der Waals surface area contributed by atoms with Crippen LogP contribution in [-0.2, 0) is 13.6 Å². The zero-order valence-corrected chi connectivity index (χ0v) is 16.0. The third-order valence-electron chi connectivity index (χ3n) is 4.68. The number of aryl methyl sites for hydroxylation is 1. The van der Waals surface area contributed by atoms with Gasteiger partial charge < -0.3 is 10.1 Å². The molecule has 1 N–H and O–H groups in total. The average Bonchev–Trinajstić information content (AvgIpc) is 3.13. The Morgan fingerprint density at radius 2 is 1.97 bits per heavy atom. The highest BCUT2D eigenvalue weighted by atomic mass is 19.1. The van der Waals surface area contributed by atoms with Crippen molar-refractivity contribution in [3.8, 4) is 17.0 Å².